The van der Waals surface area contributed by atoms with Gasteiger partial charge in [-0.25, -0.2) is 9.97 Å². The third kappa shape index (κ3) is 3.76. The zero-order chi connectivity index (χ0) is 17.9. The lowest BCUT2D eigenvalue weighted by atomic mass is 10.1. The number of hydrogen-bond donors (Lipinski definition) is 0. The molecule has 0 amide bonds. The summed E-state index contributed by atoms with van der Waals surface area (Å²) in [4.78, 5) is 11.7. The highest BCUT2D eigenvalue weighted by Gasteiger charge is 2.24. The summed E-state index contributed by atoms with van der Waals surface area (Å²) in [5, 5.41) is 1.05. The molecule has 2 aliphatic rings. The molecule has 1 unspecified atom stereocenters. The molecule has 0 saturated carbocycles. The Balaban J connectivity index is 1.45. The molecule has 6 heteroatoms. The smallest absolute Gasteiger partial charge is 0.140 e. The predicted octanol–water partition coefficient (Wildman–Crippen LogP) is 2.97. The summed E-state index contributed by atoms with van der Waals surface area (Å²) in [6.07, 6.45) is 3.53. The van der Waals surface area contributed by atoms with Crippen LogP contribution in [0.1, 0.15) is 25.1 Å². The fourth-order valence-electron chi connectivity index (χ4n) is 3.79. The van der Waals surface area contributed by atoms with Crippen LogP contribution in [0.15, 0.2) is 18.2 Å². The van der Waals surface area contributed by atoms with Crippen LogP contribution in [-0.4, -0.2) is 56.1 Å². The molecule has 0 radical (unpaired) electrons. The van der Waals surface area contributed by atoms with Crippen LogP contribution in [0.3, 0.4) is 0 Å². The molecule has 0 bridgehead atoms. The average molecular weight is 357 g/mol. The fourth-order valence-corrected chi connectivity index (χ4v) is 3.79. The van der Waals surface area contributed by atoms with Gasteiger partial charge >= 0.3 is 0 Å². The predicted molar refractivity (Wildman–Crippen MR) is 101 cm³/mol. The number of methoxy groups -OCH3 is 1. The SMILES string of the molecule is COc1ccc2nc(C)nc(N3CCC(OCC4CCOC4)CC3)c2c1. The molecular weight excluding hydrogens is 330 g/mol. The van der Waals surface area contributed by atoms with Crippen LogP contribution in [0.25, 0.3) is 10.9 Å². The van der Waals surface area contributed by atoms with Gasteiger partial charge in [0.05, 0.1) is 31.9 Å². The summed E-state index contributed by atoms with van der Waals surface area (Å²) in [5.74, 6) is 3.23. The van der Waals surface area contributed by atoms with Crippen LogP contribution >= 0.6 is 0 Å². The summed E-state index contributed by atoms with van der Waals surface area (Å²) >= 11 is 0. The number of piperidine rings is 1. The van der Waals surface area contributed by atoms with Crippen molar-refractivity contribution < 1.29 is 14.2 Å². The standard InChI is InChI=1S/C20H27N3O3/c1-14-21-19-4-3-17(24-2)11-18(19)20(22-14)23-8-5-16(6-9-23)26-13-15-7-10-25-12-15/h3-4,11,15-16H,5-10,12-13H2,1-2H3. The molecule has 3 heterocycles. The molecule has 1 atom stereocenters. The van der Waals surface area contributed by atoms with Crippen molar-refractivity contribution in [3.05, 3.63) is 24.0 Å². The molecule has 6 nitrogen and oxygen atoms in total. The first-order valence-corrected chi connectivity index (χ1v) is 9.49. The van der Waals surface area contributed by atoms with E-state index in [1.54, 1.807) is 7.11 Å². The van der Waals surface area contributed by atoms with Crippen molar-refractivity contribution in [3.63, 3.8) is 0 Å². The first-order chi connectivity index (χ1) is 12.7. The van der Waals surface area contributed by atoms with Gasteiger partial charge in [0.25, 0.3) is 0 Å². The molecule has 2 aliphatic heterocycles. The van der Waals surface area contributed by atoms with Gasteiger partial charge in [0, 0.05) is 31.0 Å². The molecule has 4 rings (SSSR count). The second kappa shape index (κ2) is 7.76. The summed E-state index contributed by atoms with van der Waals surface area (Å²) in [6, 6.07) is 5.99. The Bertz CT molecular complexity index is 753. The lowest BCUT2D eigenvalue weighted by Gasteiger charge is -2.33. The van der Waals surface area contributed by atoms with Gasteiger partial charge in [-0.05, 0) is 44.4 Å². The maximum Gasteiger partial charge on any atom is 0.140 e. The van der Waals surface area contributed by atoms with Crippen LogP contribution in [-0.2, 0) is 9.47 Å². The van der Waals surface area contributed by atoms with Gasteiger partial charge in [0.2, 0.25) is 0 Å². The van der Waals surface area contributed by atoms with Crippen LogP contribution in [0.5, 0.6) is 5.75 Å². The quantitative estimate of drug-likeness (QED) is 0.820. The Hall–Kier alpha value is -1.92. The zero-order valence-corrected chi connectivity index (χ0v) is 15.6. The summed E-state index contributed by atoms with van der Waals surface area (Å²) in [6.45, 7) is 6.43. The minimum atomic E-state index is 0.343. The van der Waals surface area contributed by atoms with Crippen LogP contribution in [0.4, 0.5) is 5.82 Å². The number of fused-ring (bicyclic) bond motifs is 1. The van der Waals surface area contributed by atoms with Gasteiger partial charge in [-0.2, -0.15) is 0 Å². The van der Waals surface area contributed by atoms with E-state index in [2.05, 4.69) is 9.88 Å². The van der Waals surface area contributed by atoms with Crippen molar-refractivity contribution in [1.82, 2.24) is 9.97 Å². The molecule has 2 aromatic rings. The molecule has 0 spiro atoms. The molecular formula is C20H27N3O3. The number of anilines is 1. The molecule has 1 aromatic carbocycles. The molecule has 0 N–H and O–H groups in total. The van der Waals surface area contributed by atoms with Crippen molar-refractivity contribution in [2.75, 3.05) is 44.9 Å². The van der Waals surface area contributed by atoms with Gasteiger partial charge in [0.1, 0.15) is 17.4 Å². The number of aromatic nitrogens is 2. The lowest BCUT2D eigenvalue weighted by molar-refractivity contribution is 0.0131. The van der Waals surface area contributed by atoms with Gasteiger partial charge in [0.15, 0.2) is 0 Å². The Kier molecular flexibility index (Phi) is 5.22. The van der Waals surface area contributed by atoms with Gasteiger partial charge in [-0.3, -0.25) is 0 Å². The highest BCUT2D eigenvalue weighted by Crippen LogP contribution is 2.30. The van der Waals surface area contributed by atoms with E-state index < -0.39 is 0 Å². The van der Waals surface area contributed by atoms with Crippen LogP contribution < -0.4 is 9.64 Å². The highest BCUT2D eigenvalue weighted by atomic mass is 16.5. The largest absolute Gasteiger partial charge is 0.497 e. The highest BCUT2D eigenvalue weighted by molar-refractivity contribution is 5.90. The molecule has 2 fully saturated rings. The lowest BCUT2D eigenvalue weighted by Crippen LogP contribution is -2.38. The summed E-state index contributed by atoms with van der Waals surface area (Å²) in [7, 11) is 1.69. The van der Waals surface area contributed by atoms with Crippen molar-refractivity contribution in [3.8, 4) is 5.75 Å². The van der Waals surface area contributed by atoms with Crippen molar-refractivity contribution >= 4 is 16.7 Å². The number of ether oxygens (including phenoxy) is 3. The van der Waals surface area contributed by atoms with Gasteiger partial charge < -0.3 is 19.1 Å². The second-order valence-corrected chi connectivity index (χ2v) is 7.23. The monoisotopic (exact) mass is 357 g/mol. The van der Waals surface area contributed by atoms with Crippen LogP contribution in [0.2, 0.25) is 0 Å². The maximum atomic E-state index is 6.14. The van der Waals surface area contributed by atoms with Gasteiger partial charge in [-0.1, -0.05) is 0 Å². The molecule has 26 heavy (non-hydrogen) atoms. The Morgan fingerprint density at radius 2 is 2.04 bits per heavy atom. The normalized spacial score (nSPS) is 21.5. The number of benzene rings is 1. The van der Waals surface area contributed by atoms with Crippen molar-refractivity contribution in [2.45, 2.75) is 32.3 Å². The maximum absolute atomic E-state index is 6.14. The third-order valence-corrected chi connectivity index (χ3v) is 5.33. The summed E-state index contributed by atoms with van der Waals surface area (Å²) < 4.78 is 17.0. The van der Waals surface area contributed by atoms with E-state index in [4.69, 9.17) is 19.2 Å². The minimum absolute atomic E-state index is 0.343. The Labute approximate surface area is 154 Å². The minimum Gasteiger partial charge on any atom is -0.497 e. The fraction of sp³-hybridized carbons (Fsp3) is 0.600. The molecule has 1 aromatic heterocycles. The van der Waals surface area contributed by atoms with E-state index in [1.165, 1.54) is 0 Å². The number of rotatable bonds is 5. The molecule has 2 saturated heterocycles. The van der Waals surface area contributed by atoms with E-state index in [0.717, 1.165) is 80.5 Å². The first kappa shape index (κ1) is 17.5. The topological polar surface area (TPSA) is 56.7 Å². The van der Waals surface area contributed by atoms with Crippen molar-refractivity contribution in [1.29, 1.82) is 0 Å². The number of hydrogen-bond acceptors (Lipinski definition) is 6. The summed E-state index contributed by atoms with van der Waals surface area (Å²) in [5.41, 5.74) is 0.966. The van der Waals surface area contributed by atoms with E-state index in [-0.39, 0.29) is 0 Å². The second-order valence-electron chi connectivity index (χ2n) is 7.23. The van der Waals surface area contributed by atoms with E-state index in [0.29, 0.717) is 12.0 Å². The third-order valence-electron chi connectivity index (χ3n) is 5.33. The van der Waals surface area contributed by atoms with Gasteiger partial charge in [-0.15, -0.1) is 0 Å². The van der Waals surface area contributed by atoms with Crippen LogP contribution in [0, 0.1) is 12.8 Å². The number of nitrogens with zero attached hydrogens (tertiary/aromatic N) is 3. The van der Waals surface area contributed by atoms with E-state index >= 15 is 0 Å². The first-order valence-electron chi connectivity index (χ1n) is 9.49. The average Bonchev–Trinajstić information content (AvgIpc) is 3.19. The Morgan fingerprint density at radius 1 is 1.19 bits per heavy atom. The van der Waals surface area contributed by atoms with E-state index in [9.17, 15) is 0 Å². The molecule has 140 valence electrons. The van der Waals surface area contributed by atoms with Crippen molar-refractivity contribution in [2.24, 2.45) is 5.92 Å². The zero-order valence-electron chi connectivity index (χ0n) is 15.6. The van der Waals surface area contributed by atoms with E-state index in [1.807, 2.05) is 25.1 Å². The molecule has 0 aliphatic carbocycles. The number of aryl methyl sites for hydroxylation is 1. The Morgan fingerprint density at radius 3 is 2.77 bits per heavy atom.